The van der Waals surface area contributed by atoms with Crippen LogP contribution in [0.3, 0.4) is 0 Å². The number of ether oxygens (including phenoxy) is 5. The summed E-state index contributed by atoms with van der Waals surface area (Å²) in [6, 6.07) is 41.8. The number of aromatic nitrogens is 4. The monoisotopic (exact) mass is 874 g/mol. The molecule has 2 aliphatic rings. The lowest BCUT2D eigenvalue weighted by molar-refractivity contribution is -0.116. The molecule has 1 aliphatic carbocycles. The number of aliphatic hydroxyl groups is 1. The fourth-order valence-corrected chi connectivity index (χ4v) is 8.94. The minimum atomic E-state index is -1.10. The van der Waals surface area contributed by atoms with E-state index in [1.54, 1.807) is 32.2 Å². The van der Waals surface area contributed by atoms with E-state index in [2.05, 4.69) is 44.5 Å². The van der Waals surface area contributed by atoms with Gasteiger partial charge >= 0.3 is 6.09 Å². The lowest BCUT2D eigenvalue weighted by atomic mass is 9.80. The van der Waals surface area contributed by atoms with E-state index in [9.17, 15) is 14.7 Å². The van der Waals surface area contributed by atoms with Crippen molar-refractivity contribution >= 4 is 29.0 Å². The maximum Gasteiger partial charge on any atom is 0.409 e. The van der Waals surface area contributed by atoms with Gasteiger partial charge in [0.15, 0.2) is 17.0 Å². The number of rotatable bonds is 16. The number of imidazole rings is 1. The van der Waals surface area contributed by atoms with Gasteiger partial charge in [-0.3, -0.25) is 9.36 Å². The Balaban J connectivity index is 0.833. The number of carbonyl (C=O) groups excluding carboxylic acids is 2. The molecule has 9 rings (SSSR count). The molecule has 65 heavy (non-hydrogen) atoms. The Bertz CT molecular complexity index is 2670. The van der Waals surface area contributed by atoms with Gasteiger partial charge in [-0.1, -0.05) is 103 Å². The van der Waals surface area contributed by atoms with Crippen LogP contribution in [0.1, 0.15) is 59.2 Å². The molecule has 14 heteroatoms. The van der Waals surface area contributed by atoms with Crippen molar-refractivity contribution in [2.45, 2.75) is 49.2 Å². The first kappa shape index (κ1) is 43.1. The minimum absolute atomic E-state index is 0.0318. The van der Waals surface area contributed by atoms with Gasteiger partial charge in [-0.2, -0.15) is 0 Å². The van der Waals surface area contributed by atoms with Crippen molar-refractivity contribution in [2.75, 3.05) is 46.3 Å². The van der Waals surface area contributed by atoms with Crippen LogP contribution < -0.4 is 14.8 Å². The smallest absolute Gasteiger partial charge is 0.409 e. The Labute approximate surface area is 376 Å². The molecule has 1 saturated heterocycles. The Morgan fingerprint density at radius 2 is 1.38 bits per heavy atom. The van der Waals surface area contributed by atoms with Gasteiger partial charge in [-0.25, -0.2) is 19.7 Å². The first-order valence-corrected chi connectivity index (χ1v) is 21.6. The molecule has 1 aliphatic heterocycles. The molecule has 0 unspecified atom stereocenters. The number of nitrogens with zero attached hydrogens (tertiary/aromatic N) is 5. The Morgan fingerprint density at radius 3 is 2.02 bits per heavy atom. The fraction of sp³-hybridized carbons (Fsp3) is 0.275. The molecule has 5 aromatic carbocycles. The maximum atomic E-state index is 13.2. The molecule has 2 N–H and O–H groups in total. The van der Waals surface area contributed by atoms with E-state index < -0.39 is 30.1 Å². The van der Waals surface area contributed by atoms with E-state index in [0.717, 1.165) is 38.9 Å². The number of nitrogens with one attached hydrogen (secondary N) is 1. The number of hydrogen-bond acceptors (Lipinski definition) is 11. The SMILES string of the molecule is COc1ccc(C(OC[C@H]2O[C@@H](n3cnc4c(NC(=O)CCCN(C)C(=O)OCC5c6ccccc6-c6ccccc65)ncnc43)C[C@@H]2O)(c2ccccc2)c2ccc(OC)cc2)cc1. The van der Waals surface area contributed by atoms with Crippen LogP contribution in [0.15, 0.2) is 140 Å². The topological polar surface area (TPSA) is 159 Å². The summed E-state index contributed by atoms with van der Waals surface area (Å²) in [6.07, 6.45) is 1.00. The van der Waals surface area contributed by atoms with Crippen LogP contribution in [0.5, 0.6) is 11.5 Å². The molecule has 14 nitrogen and oxygen atoms in total. The average molecular weight is 875 g/mol. The summed E-state index contributed by atoms with van der Waals surface area (Å²) in [5.74, 6) is 1.33. The van der Waals surface area contributed by atoms with Crippen molar-refractivity contribution in [2.24, 2.45) is 0 Å². The van der Waals surface area contributed by atoms with Gasteiger partial charge in [-0.15, -0.1) is 0 Å². The van der Waals surface area contributed by atoms with Gasteiger partial charge in [-0.05, 0) is 69.6 Å². The summed E-state index contributed by atoms with van der Waals surface area (Å²) < 4.78 is 32.0. The lowest BCUT2D eigenvalue weighted by Crippen LogP contribution is -2.38. The van der Waals surface area contributed by atoms with Gasteiger partial charge in [0.25, 0.3) is 0 Å². The predicted molar refractivity (Wildman–Crippen MR) is 244 cm³/mol. The third-order valence-corrected chi connectivity index (χ3v) is 12.3. The molecule has 2 amide bonds. The van der Waals surface area contributed by atoms with E-state index >= 15 is 0 Å². The first-order valence-electron chi connectivity index (χ1n) is 21.6. The summed E-state index contributed by atoms with van der Waals surface area (Å²) in [6.45, 7) is 0.568. The highest BCUT2D eigenvalue weighted by Gasteiger charge is 2.42. The van der Waals surface area contributed by atoms with Crippen LogP contribution in [0.25, 0.3) is 22.3 Å². The zero-order chi connectivity index (χ0) is 44.9. The fourth-order valence-electron chi connectivity index (χ4n) is 8.94. The molecular weight excluding hydrogens is 825 g/mol. The van der Waals surface area contributed by atoms with Gasteiger partial charge in [0.1, 0.15) is 42.4 Å². The van der Waals surface area contributed by atoms with E-state index in [1.807, 2.05) is 103 Å². The van der Waals surface area contributed by atoms with Crippen molar-refractivity contribution < 1.29 is 38.4 Å². The highest BCUT2D eigenvalue weighted by atomic mass is 16.6. The number of hydrogen-bond donors (Lipinski definition) is 2. The summed E-state index contributed by atoms with van der Waals surface area (Å²) >= 11 is 0. The minimum Gasteiger partial charge on any atom is -0.497 e. The summed E-state index contributed by atoms with van der Waals surface area (Å²) in [4.78, 5) is 41.0. The van der Waals surface area contributed by atoms with Crippen LogP contribution in [0.4, 0.5) is 10.6 Å². The molecule has 7 aromatic rings. The van der Waals surface area contributed by atoms with Crippen LogP contribution in [0, 0.1) is 0 Å². The second-order valence-corrected chi connectivity index (χ2v) is 16.2. The Kier molecular flexibility index (Phi) is 12.6. The lowest BCUT2D eigenvalue weighted by Gasteiger charge is -2.37. The molecule has 1 fully saturated rings. The molecule has 2 aromatic heterocycles. The van der Waals surface area contributed by atoms with Crippen LogP contribution in [0.2, 0.25) is 0 Å². The van der Waals surface area contributed by atoms with E-state index in [0.29, 0.717) is 35.6 Å². The summed E-state index contributed by atoms with van der Waals surface area (Å²) in [5.41, 5.74) is 6.91. The van der Waals surface area contributed by atoms with Crippen LogP contribution in [-0.2, 0) is 24.6 Å². The second kappa shape index (κ2) is 18.9. The first-order chi connectivity index (χ1) is 31.8. The number of anilines is 1. The van der Waals surface area contributed by atoms with E-state index in [4.69, 9.17) is 23.7 Å². The quantitative estimate of drug-likeness (QED) is 0.0904. The van der Waals surface area contributed by atoms with Gasteiger partial charge in [0, 0.05) is 32.4 Å². The average Bonchev–Trinajstić information content (AvgIpc) is 4.05. The normalized spacial score (nSPS) is 16.8. The predicted octanol–water partition coefficient (Wildman–Crippen LogP) is 8.10. The molecule has 3 atom stereocenters. The number of amides is 2. The number of carbonyl (C=O) groups is 2. The Morgan fingerprint density at radius 1 is 0.785 bits per heavy atom. The molecule has 0 saturated carbocycles. The standard InChI is InChI=1S/C51H50N6O8/c1-56(50(60)63-29-42-40-16-9-7-14-38(40)39-15-8-10-17-41(39)42)27-11-18-45(59)55-48-47-49(53-31-52-48)57(32-54-47)46-28-43(58)44(65-46)30-64-51(33-12-5-4-6-13-33,34-19-23-36(61-2)24-20-34)35-21-25-37(62-3)26-22-35/h4-10,12-17,19-26,31-32,42-44,46,58H,11,18,27-30H2,1-3H3,(H,52,53,55,59)/t43-,44+,46+/m0/s1. The summed E-state index contributed by atoms with van der Waals surface area (Å²) in [7, 11) is 4.92. The molecule has 0 spiro atoms. The maximum absolute atomic E-state index is 13.2. The number of benzene rings is 5. The highest BCUT2D eigenvalue weighted by molar-refractivity contribution is 5.96. The molecule has 332 valence electrons. The highest BCUT2D eigenvalue weighted by Crippen LogP contribution is 2.45. The zero-order valence-corrected chi connectivity index (χ0v) is 36.4. The number of fused-ring (bicyclic) bond motifs is 4. The van der Waals surface area contributed by atoms with Crippen molar-refractivity contribution in [1.29, 1.82) is 0 Å². The van der Waals surface area contributed by atoms with E-state index in [-0.39, 0.29) is 43.7 Å². The Hall–Kier alpha value is -7.13. The van der Waals surface area contributed by atoms with Crippen molar-refractivity contribution in [3.63, 3.8) is 0 Å². The van der Waals surface area contributed by atoms with Crippen molar-refractivity contribution in [1.82, 2.24) is 24.4 Å². The third kappa shape index (κ3) is 8.63. The van der Waals surface area contributed by atoms with Crippen LogP contribution >= 0.6 is 0 Å². The molecule has 3 heterocycles. The van der Waals surface area contributed by atoms with E-state index in [1.165, 1.54) is 11.2 Å². The molecule has 0 bridgehead atoms. The zero-order valence-electron chi connectivity index (χ0n) is 36.4. The van der Waals surface area contributed by atoms with Gasteiger partial charge in [0.2, 0.25) is 5.91 Å². The van der Waals surface area contributed by atoms with Gasteiger partial charge in [0.05, 0.1) is 33.3 Å². The van der Waals surface area contributed by atoms with Gasteiger partial charge < -0.3 is 39.0 Å². The van der Waals surface area contributed by atoms with Crippen molar-refractivity contribution in [3.8, 4) is 22.6 Å². The molecule has 0 radical (unpaired) electrons. The third-order valence-electron chi connectivity index (χ3n) is 12.3. The van der Waals surface area contributed by atoms with Crippen LogP contribution in [-0.4, -0.2) is 94.8 Å². The number of methoxy groups -OCH3 is 2. The van der Waals surface area contributed by atoms with Crippen molar-refractivity contribution in [3.05, 3.63) is 168 Å². The molecular formula is C51H50N6O8. The second-order valence-electron chi connectivity index (χ2n) is 16.2. The number of aliphatic hydroxyl groups excluding tert-OH is 1. The largest absolute Gasteiger partial charge is 0.497 e. The summed E-state index contributed by atoms with van der Waals surface area (Å²) in [5, 5.41) is 14.3.